The van der Waals surface area contributed by atoms with E-state index in [2.05, 4.69) is 31.4 Å². The van der Waals surface area contributed by atoms with Gasteiger partial charge in [-0.05, 0) is 34.1 Å². The van der Waals surface area contributed by atoms with Crippen LogP contribution in [0.15, 0.2) is 58.4 Å². The van der Waals surface area contributed by atoms with Crippen LogP contribution in [-0.4, -0.2) is 23.7 Å². The van der Waals surface area contributed by atoms with Crippen molar-refractivity contribution in [2.45, 2.75) is 0 Å². The summed E-state index contributed by atoms with van der Waals surface area (Å²) >= 11 is 3.34. The Morgan fingerprint density at radius 1 is 1.35 bits per heavy atom. The predicted octanol–water partition coefficient (Wildman–Crippen LogP) is 2.37. The van der Waals surface area contributed by atoms with Crippen molar-refractivity contribution in [3.8, 4) is 5.75 Å². The van der Waals surface area contributed by atoms with Gasteiger partial charge in [0.25, 0.3) is 5.91 Å². The van der Waals surface area contributed by atoms with Crippen LogP contribution < -0.4 is 10.2 Å². The first-order chi connectivity index (χ1) is 9.75. The Morgan fingerprint density at radius 3 is 2.95 bits per heavy atom. The molecule has 2 aromatic rings. The predicted molar refractivity (Wildman–Crippen MR) is 79.6 cm³/mol. The summed E-state index contributed by atoms with van der Waals surface area (Å²) in [6.45, 7) is -0.104. The maximum Gasteiger partial charge on any atom is 0.277 e. The van der Waals surface area contributed by atoms with E-state index in [1.165, 1.54) is 6.21 Å². The summed E-state index contributed by atoms with van der Waals surface area (Å²) in [6, 6.07) is 10.9. The molecule has 0 radical (unpaired) electrons. The molecular formula is C14H12BrN3O2. The smallest absolute Gasteiger partial charge is 0.277 e. The number of hydrogen-bond donors (Lipinski definition) is 1. The lowest BCUT2D eigenvalue weighted by Gasteiger charge is -2.06. The molecule has 0 unspecified atom stereocenters. The molecule has 1 heterocycles. The zero-order valence-corrected chi connectivity index (χ0v) is 12.1. The fraction of sp³-hybridized carbons (Fsp3) is 0.0714. The van der Waals surface area contributed by atoms with Crippen LogP contribution in [0, 0.1) is 0 Å². The van der Waals surface area contributed by atoms with Crippen LogP contribution in [0.1, 0.15) is 5.56 Å². The number of para-hydroxylation sites is 1. The van der Waals surface area contributed by atoms with Gasteiger partial charge in [0.2, 0.25) is 0 Å². The minimum atomic E-state index is -0.333. The number of pyridine rings is 1. The molecule has 0 spiro atoms. The van der Waals surface area contributed by atoms with Crippen molar-refractivity contribution in [3.05, 3.63) is 58.8 Å². The van der Waals surface area contributed by atoms with Crippen molar-refractivity contribution in [1.82, 2.24) is 10.4 Å². The Labute approximate surface area is 124 Å². The van der Waals surface area contributed by atoms with Gasteiger partial charge in [-0.3, -0.25) is 9.78 Å². The van der Waals surface area contributed by atoms with Crippen LogP contribution in [0.3, 0.4) is 0 Å². The quantitative estimate of drug-likeness (QED) is 0.674. The van der Waals surface area contributed by atoms with Gasteiger partial charge in [-0.25, -0.2) is 5.43 Å². The number of nitrogens with zero attached hydrogens (tertiary/aromatic N) is 2. The number of aromatic nitrogens is 1. The number of amides is 1. The number of hydrazone groups is 1. The van der Waals surface area contributed by atoms with Crippen molar-refractivity contribution in [3.63, 3.8) is 0 Å². The van der Waals surface area contributed by atoms with Crippen molar-refractivity contribution in [2.24, 2.45) is 5.10 Å². The summed E-state index contributed by atoms with van der Waals surface area (Å²) < 4.78 is 6.15. The zero-order chi connectivity index (χ0) is 14.2. The lowest BCUT2D eigenvalue weighted by molar-refractivity contribution is -0.123. The molecule has 6 heteroatoms. The third-order valence-electron chi connectivity index (χ3n) is 2.28. The highest BCUT2D eigenvalue weighted by atomic mass is 79.9. The van der Waals surface area contributed by atoms with E-state index in [1.807, 2.05) is 24.3 Å². The Bertz CT molecular complexity index is 602. The summed E-state index contributed by atoms with van der Waals surface area (Å²) in [7, 11) is 0. The topological polar surface area (TPSA) is 63.6 Å². The Morgan fingerprint density at radius 2 is 2.20 bits per heavy atom. The highest BCUT2D eigenvalue weighted by Gasteiger charge is 2.03. The first kappa shape index (κ1) is 14.2. The molecule has 0 saturated carbocycles. The molecule has 1 aromatic carbocycles. The van der Waals surface area contributed by atoms with Gasteiger partial charge in [0, 0.05) is 18.0 Å². The molecule has 0 aliphatic rings. The Hall–Kier alpha value is -2.21. The average molecular weight is 334 g/mol. The van der Waals surface area contributed by atoms with Crippen molar-refractivity contribution in [1.29, 1.82) is 0 Å². The fourth-order valence-corrected chi connectivity index (χ4v) is 1.77. The first-order valence-corrected chi connectivity index (χ1v) is 6.64. The number of benzene rings is 1. The second kappa shape index (κ2) is 7.40. The summed E-state index contributed by atoms with van der Waals surface area (Å²) in [5.74, 6) is 0.278. The maximum absolute atomic E-state index is 11.5. The molecule has 0 aliphatic carbocycles. The van der Waals surface area contributed by atoms with E-state index in [4.69, 9.17) is 4.74 Å². The standard InChI is InChI=1S/C14H12BrN3O2/c15-12-5-1-2-6-13(12)20-10-14(19)18-17-9-11-4-3-7-16-8-11/h1-9H,10H2,(H,18,19). The van der Waals surface area contributed by atoms with Gasteiger partial charge in [-0.2, -0.15) is 5.10 Å². The van der Waals surface area contributed by atoms with Gasteiger partial charge in [-0.1, -0.05) is 18.2 Å². The third kappa shape index (κ3) is 4.47. The fourth-order valence-electron chi connectivity index (χ4n) is 1.37. The van der Waals surface area contributed by atoms with E-state index >= 15 is 0 Å². The molecule has 0 fully saturated rings. The van der Waals surface area contributed by atoms with Crippen LogP contribution in [0.2, 0.25) is 0 Å². The molecule has 5 nitrogen and oxygen atoms in total. The normalized spacial score (nSPS) is 10.4. The van der Waals surface area contributed by atoms with E-state index < -0.39 is 0 Å². The van der Waals surface area contributed by atoms with E-state index in [1.54, 1.807) is 24.5 Å². The molecule has 102 valence electrons. The van der Waals surface area contributed by atoms with Gasteiger partial charge in [0.15, 0.2) is 6.61 Å². The van der Waals surface area contributed by atoms with Crippen LogP contribution in [-0.2, 0) is 4.79 Å². The number of hydrogen-bond acceptors (Lipinski definition) is 4. The maximum atomic E-state index is 11.5. The second-order valence-corrected chi connectivity index (χ2v) is 4.65. The molecule has 20 heavy (non-hydrogen) atoms. The lowest BCUT2D eigenvalue weighted by atomic mass is 10.3. The Kier molecular flexibility index (Phi) is 5.25. The summed E-state index contributed by atoms with van der Waals surface area (Å²) in [5.41, 5.74) is 3.19. The van der Waals surface area contributed by atoms with Crippen molar-refractivity contribution in [2.75, 3.05) is 6.61 Å². The monoisotopic (exact) mass is 333 g/mol. The zero-order valence-electron chi connectivity index (χ0n) is 10.5. The molecule has 1 aromatic heterocycles. The van der Waals surface area contributed by atoms with Gasteiger partial charge in [-0.15, -0.1) is 0 Å². The van der Waals surface area contributed by atoms with Crippen LogP contribution >= 0.6 is 15.9 Å². The van der Waals surface area contributed by atoms with Crippen LogP contribution in [0.25, 0.3) is 0 Å². The number of carbonyl (C=O) groups excluding carboxylic acids is 1. The SMILES string of the molecule is O=C(COc1ccccc1Br)NN=Cc1cccnc1. The minimum absolute atomic E-state index is 0.104. The molecule has 0 bridgehead atoms. The number of halogens is 1. The lowest BCUT2D eigenvalue weighted by Crippen LogP contribution is -2.24. The molecule has 1 amide bonds. The van der Waals surface area contributed by atoms with Crippen molar-refractivity contribution >= 4 is 28.1 Å². The van der Waals surface area contributed by atoms with E-state index in [9.17, 15) is 4.79 Å². The molecule has 0 aliphatic heterocycles. The number of nitrogens with one attached hydrogen (secondary N) is 1. The summed E-state index contributed by atoms with van der Waals surface area (Å²) in [6.07, 6.45) is 4.83. The molecule has 2 rings (SSSR count). The second-order valence-electron chi connectivity index (χ2n) is 3.80. The molecule has 1 N–H and O–H groups in total. The van der Waals surface area contributed by atoms with E-state index in [-0.39, 0.29) is 12.5 Å². The largest absolute Gasteiger partial charge is 0.483 e. The van der Waals surface area contributed by atoms with Gasteiger partial charge in [0.1, 0.15) is 5.75 Å². The number of ether oxygens (including phenoxy) is 1. The van der Waals surface area contributed by atoms with Crippen LogP contribution in [0.5, 0.6) is 5.75 Å². The average Bonchev–Trinajstić information content (AvgIpc) is 2.47. The van der Waals surface area contributed by atoms with E-state index in [0.717, 1.165) is 10.0 Å². The van der Waals surface area contributed by atoms with Crippen molar-refractivity contribution < 1.29 is 9.53 Å². The molecular weight excluding hydrogens is 322 g/mol. The Balaban J connectivity index is 1.79. The van der Waals surface area contributed by atoms with E-state index in [0.29, 0.717) is 5.75 Å². The molecule has 0 atom stereocenters. The number of carbonyl (C=O) groups is 1. The first-order valence-electron chi connectivity index (χ1n) is 5.85. The van der Waals surface area contributed by atoms with Crippen LogP contribution in [0.4, 0.5) is 0 Å². The number of rotatable bonds is 5. The highest BCUT2D eigenvalue weighted by molar-refractivity contribution is 9.10. The summed E-state index contributed by atoms with van der Waals surface area (Å²) in [5, 5.41) is 3.82. The third-order valence-corrected chi connectivity index (χ3v) is 2.94. The highest BCUT2D eigenvalue weighted by Crippen LogP contribution is 2.23. The summed E-state index contributed by atoms with van der Waals surface area (Å²) in [4.78, 5) is 15.5. The van der Waals surface area contributed by atoms with Gasteiger partial charge in [0.05, 0.1) is 10.7 Å². The minimum Gasteiger partial charge on any atom is -0.483 e. The van der Waals surface area contributed by atoms with Gasteiger partial charge < -0.3 is 4.74 Å². The molecule has 0 saturated heterocycles. The van der Waals surface area contributed by atoms with Gasteiger partial charge >= 0.3 is 0 Å².